The van der Waals surface area contributed by atoms with Crippen molar-refractivity contribution in [3.05, 3.63) is 0 Å². The summed E-state index contributed by atoms with van der Waals surface area (Å²) in [5.74, 6) is 3.65. The smallest absolute Gasteiger partial charge is 0.0571 e. The minimum atomic E-state index is 0.0596. The topological polar surface area (TPSA) is 20.2 Å². The van der Waals surface area contributed by atoms with Crippen molar-refractivity contribution in [1.29, 1.82) is 0 Å². The molecule has 1 nitrogen and oxygen atoms in total. The highest BCUT2D eigenvalue weighted by Crippen LogP contribution is 2.53. The third-order valence-corrected chi connectivity index (χ3v) is 4.87. The average molecular weight is 180 g/mol. The number of hydrogen-bond donors (Lipinski definition) is 1. The van der Waals surface area contributed by atoms with Gasteiger partial charge in [0.05, 0.1) is 6.10 Å². The van der Waals surface area contributed by atoms with Gasteiger partial charge >= 0.3 is 0 Å². The van der Waals surface area contributed by atoms with Crippen LogP contribution in [0.3, 0.4) is 0 Å². The molecule has 0 saturated heterocycles. The van der Waals surface area contributed by atoms with Crippen LogP contribution in [0.5, 0.6) is 0 Å². The maximum absolute atomic E-state index is 9.88. The summed E-state index contributed by atoms with van der Waals surface area (Å²) in [4.78, 5) is 0. The van der Waals surface area contributed by atoms with Crippen molar-refractivity contribution in [2.24, 2.45) is 23.7 Å². The zero-order valence-electron chi connectivity index (χ0n) is 8.28. The Balaban J connectivity index is 1.72. The standard InChI is InChI=1S/C12H20O/c13-12-3-1-2-10(12)11-7-8-4-5-9(11)6-8/h8-13H,1-7H2. The van der Waals surface area contributed by atoms with Gasteiger partial charge in [-0.2, -0.15) is 0 Å². The van der Waals surface area contributed by atoms with Crippen LogP contribution in [0.1, 0.15) is 44.9 Å². The summed E-state index contributed by atoms with van der Waals surface area (Å²) in [7, 11) is 0. The molecule has 0 aromatic rings. The Hall–Kier alpha value is -0.0400. The lowest BCUT2D eigenvalue weighted by molar-refractivity contribution is 0.0761. The molecular weight excluding hydrogens is 160 g/mol. The molecule has 0 spiro atoms. The third kappa shape index (κ3) is 1.24. The van der Waals surface area contributed by atoms with E-state index in [-0.39, 0.29) is 6.10 Å². The van der Waals surface area contributed by atoms with Gasteiger partial charge in [0.2, 0.25) is 0 Å². The van der Waals surface area contributed by atoms with Crippen molar-refractivity contribution in [3.8, 4) is 0 Å². The van der Waals surface area contributed by atoms with Gasteiger partial charge in [-0.1, -0.05) is 12.8 Å². The average Bonchev–Trinajstić information content (AvgIpc) is 2.77. The Bertz CT molecular complexity index is 201. The highest BCUT2D eigenvalue weighted by Gasteiger charge is 2.45. The number of hydrogen-bond acceptors (Lipinski definition) is 1. The van der Waals surface area contributed by atoms with Gasteiger partial charge in [-0.25, -0.2) is 0 Å². The Morgan fingerprint density at radius 3 is 2.31 bits per heavy atom. The van der Waals surface area contributed by atoms with Crippen LogP contribution in [-0.2, 0) is 0 Å². The molecule has 0 aromatic carbocycles. The van der Waals surface area contributed by atoms with Gasteiger partial charge in [0.25, 0.3) is 0 Å². The first kappa shape index (κ1) is 8.28. The summed E-state index contributed by atoms with van der Waals surface area (Å²) in [5, 5.41) is 9.88. The van der Waals surface area contributed by atoms with Crippen molar-refractivity contribution < 1.29 is 5.11 Å². The second-order valence-electron chi connectivity index (χ2n) is 5.50. The van der Waals surface area contributed by atoms with Gasteiger partial charge in [0.15, 0.2) is 0 Å². The summed E-state index contributed by atoms with van der Waals surface area (Å²) >= 11 is 0. The largest absolute Gasteiger partial charge is 0.393 e. The molecule has 0 aromatic heterocycles. The van der Waals surface area contributed by atoms with E-state index in [9.17, 15) is 5.11 Å². The van der Waals surface area contributed by atoms with E-state index >= 15 is 0 Å². The highest BCUT2D eigenvalue weighted by molar-refractivity contribution is 4.96. The summed E-state index contributed by atoms with van der Waals surface area (Å²) < 4.78 is 0. The molecule has 1 N–H and O–H groups in total. The van der Waals surface area contributed by atoms with Crippen molar-refractivity contribution in [2.75, 3.05) is 0 Å². The lowest BCUT2D eigenvalue weighted by atomic mass is 9.78. The Labute approximate surface area is 80.5 Å². The molecule has 3 rings (SSSR count). The molecule has 0 amide bonds. The van der Waals surface area contributed by atoms with Gasteiger partial charge in [-0.05, 0) is 55.8 Å². The monoisotopic (exact) mass is 180 g/mol. The van der Waals surface area contributed by atoms with Gasteiger partial charge in [0.1, 0.15) is 0 Å². The van der Waals surface area contributed by atoms with E-state index in [2.05, 4.69) is 0 Å². The third-order valence-electron chi connectivity index (χ3n) is 4.87. The minimum Gasteiger partial charge on any atom is -0.393 e. The molecule has 74 valence electrons. The van der Waals surface area contributed by atoms with Gasteiger partial charge in [0, 0.05) is 0 Å². The van der Waals surface area contributed by atoms with Gasteiger partial charge < -0.3 is 5.11 Å². The summed E-state index contributed by atoms with van der Waals surface area (Å²) in [6.45, 7) is 0. The predicted octanol–water partition coefficient (Wildman–Crippen LogP) is 2.58. The zero-order valence-corrected chi connectivity index (χ0v) is 8.28. The number of aliphatic hydroxyl groups excluding tert-OH is 1. The molecule has 0 aliphatic heterocycles. The van der Waals surface area contributed by atoms with Crippen LogP contribution in [0, 0.1) is 23.7 Å². The van der Waals surface area contributed by atoms with Crippen LogP contribution in [0.15, 0.2) is 0 Å². The molecule has 3 aliphatic carbocycles. The fraction of sp³-hybridized carbons (Fsp3) is 1.00. The molecule has 3 saturated carbocycles. The molecule has 5 atom stereocenters. The normalized spacial score (nSPS) is 54.7. The maximum atomic E-state index is 9.88. The minimum absolute atomic E-state index is 0.0596. The summed E-state index contributed by atoms with van der Waals surface area (Å²) in [6, 6.07) is 0. The van der Waals surface area contributed by atoms with E-state index in [4.69, 9.17) is 0 Å². The molecule has 0 radical (unpaired) electrons. The Kier molecular flexibility index (Phi) is 1.90. The van der Waals surface area contributed by atoms with Crippen LogP contribution in [-0.4, -0.2) is 11.2 Å². The second kappa shape index (κ2) is 2.98. The van der Waals surface area contributed by atoms with Gasteiger partial charge in [-0.3, -0.25) is 0 Å². The first-order valence-corrected chi connectivity index (χ1v) is 6.02. The molecule has 1 heteroatoms. The van der Waals surface area contributed by atoms with Crippen molar-refractivity contribution in [2.45, 2.75) is 51.0 Å². The highest BCUT2D eigenvalue weighted by atomic mass is 16.3. The number of aliphatic hydroxyl groups is 1. The lowest BCUT2D eigenvalue weighted by Crippen LogP contribution is -2.26. The fourth-order valence-corrected chi connectivity index (χ4v) is 4.29. The molecule has 3 aliphatic rings. The molecule has 3 fully saturated rings. The van der Waals surface area contributed by atoms with Crippen molar-refractivity contribution in [3.63, 3.8) is 0 Å². The van der Waals surface area contributed by atoms with Crippen LogP contribution < -0.4 is 0 Å². The van der Waals surface area contributed by atoms with E-state index in [0.29, 0.717) is 5.92 Å². The van der Waals surface area contributed by atoms with E-state index in [1.54, 1.807) is 0 Å². The second-order valence-corrected chi connectivity index (χ2v) is 5.50. The summed E-state index contributed by atoms with van der Waals surface area (Å²) in [6.07, 6.45) is 9.64. The first-order valence-electron chi connectivity index (χ1n) is 6.02. The van der Waals surface area contributed by atoms with Crippen LogP contribution >= 0.6 is 0 Å². The number of rotatable bonds is 1. The first-order chi connectivity index (χ1) is 6.34. The Morgan fingerprint density at radius 2 is 1.77 bits per heavy atom. The molecule has 0 heterocycles. The summed E-state index contributed by atoms with van der Waals surface area (Å²) in [5.41, 5.74) is 0. The predicted molar refractivity (Wildman–Crippen MR) is 52.3 cm³/mol. The zero-order chi connectivity index (χ0) is 8.84. The van der Waals surface area contributed by atoms with E-state index in [1.165, 1.54) is 38.5 Å². The van der Waals surface area contributed by atoms with Crippen LogP contribution in [0.2, 0.25) is 0 Å². The van der Waals surface area contributed by atoms with Crippen molar-refractivity contribution >= 4 is 0 Å². The van der Waals surface area contributed by atoms with E-state index in [1.807, 2.05) is 0 Å². The fourth-order valence-electron chi connectivity index (χ4n) is 4.29. The maximum Gasteiger partial charge on any atom is 0.0571 e. The van der Waals surface area contributed by atoms with Gasteiger partial charge in [-0.15, -0.1) is 0 Å². The van der Waals surface area contributed by atoms with E-state index in [0.717, 1.165) is 24.2 Å². The van der Waals surface area contributed by atoms with Crippen LogP contribution in [0.25, 0.3) is 0 Å². The lowest BCUT2D eigenvalue weighted by Gasteiger charge is -2.29. The van der Waals surface area contributed by atoms with Crippen LogP contribution in [0.4, 0.5) is 0 Å². The SMILES string of the molecule is OC1CCCC1C1CC2CCC1C2. The molecule has 13 heavy (non-hydrogen) atoms. The molecule has 5 unspecified atom stereocenters. The number of fused-ring (bicyclic) bond motifs is 2. The van der Waals surface area contributed by atoms with E-state index < -0.39 is 0 Å². The molecule has 2 bridgehead atoms. The van der Waals surface area contributed by atoms with Crippen molar-refractivity contribution in [1.82, 2.24) is 0 Å². The quantitative estimate of drug-likeness (QED) is 0.657. The Morgan fingerprint density at radius 1 is 0.846 bits per heavy atom. The molecular formula is C12H20O.